The Morgan fingerprint density at radius 3 is 2.29 bits per heavy atom. The summed E-state index contributed by atoms with van der Waals surface area (Å²) in [5, 5.41) is 20.2. The third-order valence-electron chi connectivity index (χ3n) is 3.94. The summed E-state index contributed by atoms with van der Waals surface area (Å²) in [4.78, 5) is 0. The van der Waals surface area contributed by atoms with E-state index in [2.05, 4.69) is 32.9 Å². The van der Waals surface area contributed by atoms with Gasteiger partial charge in [0, 0.05) is 12.3 Å². The predicted octanol–water partition coefficient (Wildman–Crippen LogP) is 0.996. The number of aliphatic hydroxyl groups is 2. The predicted molar refractivity (Wildman–Crippen MR) is 69.2 cm³/mol. The third kappa shape index (κ3) is 3.45. The molecule has 0 aromatic heterocycles. The summed E-state index contributed by atoms with van der Waals surface area (Å²) in [6.07, 6.45) is 0.657. The highest BCUT2D eigenvalue weighted by atomic mass is 16.3. The first-order chi connectivity index (χ1) is 7.46. The van der Waals surface area contributed by atoms with Gasteiger partial charge >= 0.3 is 0 Å². The largest absolute Gasteiger partial charge is 0.378 e. The van der Waals surface area contributed by atoms with Crippen LogP contribution in [0, 0.1) is 17.8 Å². The van der Waals surface area contributed by atoms with Gasteiger partial charge in [-0.2, -0.15) is 0 Å². The van der Waals surface area contributed by atoms with E-state index in [0.717, 1.165) is 11.0 Å². The quantitative estimate of drug-likeness (QED) is 0.490. The lowest BCUT2D eigenvalue weighted by Crippen LogP contribution is -2.61. The second-order valence-corrected chi connectivity index (χ2v) is 6.65. The van der Waals surface area contributed by atoms with Crippen LogP contribution in [0.3, 0.4) is 0 Å². The standard InChI is InChI=1S/C14H26NO2/c1-11-10-15(5,6)12(2)9-14(11,17)8-7-13(3,4)16/h11-12,16-17H,9-10H2,1-6H3/q+1/t11-,12-,14+/m1/s1. The zero-order valence-electron chi connectivity index (χ0n) is 11.9. The molecule has 1 heterocycles. The van der Waals surface area contributed by atoms with Gasteiger partial charge in [-0.3, -0.25) is 0 Å². The Bertz CT molecular complexity index is 345. The monoisotopic (exact) mass is 240 g/mol. The first-order valence-electron chi connectivity index (χ1n) is 6.28. The molecule has 1 aliphatic rings. The average molecular weight is 240 g/mol. The third-order valence-corrected chi connectivity index (χ3v) is 3.94. The van der Waals surface area contributed by atoms with Crippen molar-refractivity contribution >= 4 is 0 Å². The number of likely N-dealkylation sites (tertiary alicyclic amines) is 1. The second kappa shape index (κ2) is 4.28. The number of rotatable bonds is 0. The topological polar surface area (TPSA) is 40.5 Å². The second-order valence-electron chi connectivity index (χ2n) is 6.65. The first-order valence-corrected chi connectivity index (χ1v) is 6.28. The zero-order chi connectivity index (χ0) is 13.5. The van der Waals surface area contributed by atoms with Gasteiger partial charge in [0.05, 0.1) is 26.7 Å². The van der Waals surface area contributed by atoms with Gasteiger partial charge in [-0.1, -0.05) is 18.8 Å². The van der Waals surface area contributed by atoms with Crippen molar-refractivity contribution in [2.45, 2.75) is 51.4 Å². The van der Waals surface area contributed by atoms with Gasteiger partial charge in [0.25, 0.3) is 0 Å². The summed E-state index contributed by atoms with van der Waals surface area (Å²) < 4.78 is 0.910. The van der Waals surface area contributed by atoms with Gasteiger partial charge in [-0.05, 0) is 20.8 Å². The normalized spacial score (nSPS) is 37.2. The highest BCUT2D eigenvalue weighted by Gasteiger charge is 2.46. The Kier molecular flexibility index (Phi) is 3.65. The van der Waals surface area contributed by atoms with E-state index < -0.39 is 11.2 Å². The Labute approximate surface area is 105 Å². The summed E-state index contributed by atoms with van der Waals surface area (Å²) in [6.45, 7) is 8.35. The van der Waals surface area contributed by atoms with Crippen molar-refractivity contribution in [1.82, 2.24) is 0 Å². The van der Waals surface area contributed by atoms with Crippen molar-refractivity contribution in [3.63, 3.8) is 0 Å². The van der Waals surface area contributed by atoms with Crippen molar-refractivity contribution in [3.8, 4) is 11.8 Å². The average Bonchev–Trinajstić information content (AvgIpc) is 2.11. The van der Waals surface area contributed by atoms with Crippen LogP contribution in [0.2, 0.25) is 0 Å². The molecule has 0 amide bonds. The Morgan fingerprint density at radius 2 is 1.82 bits per heavy atom. The van der Waals surface area contributed by atoms with Crippen LogP contribution in [-0.4, -0.2) is 52.6 Å². The van der Waals surface area contributed by atoms with E-state index in [1.54, 1.807) is 13.8 Å². The number of nitrogens with zero attached hydrogens (tertiary/aromatic N) is 1. The molecule has 0 aliphatic carbocycles. The molecule has 3 atom stereocenters. The zero-order valence-corrected chi connectivity index (χ0v) is 11.9. The lowest BCUT2D eigenvalue weighted by atomic mass is 9.78. The molecule has 1 saturated heterocycles. The minimum Gasteiger partial charge on any atom is -0.378 e. The summed E-state index contributed by atoms with van der Waals surface area (Å²) >= 11 is 0. The molecule has 3 nitrogen and oxygen atoms in total. The number of hydrogen-bond donors (Lipinski definition) is 2. The Hall–Kier alpha value is -0.560. The van der Waals surface area contributed by atoms with Crippen LogP contribution in [0.5, 0.6) is 0 Å². The van der Waals surface area contributed by atoms with Crippen LogP contribution in [0.1, 0.15) is 34.1 Å². The van der Waals surface area contributed by atoms with Gasteiger partial charge < -0.3 is 14.7 Å². The molecule has 1 rings (SSSR count). The van der Waals surface area contributed by atoms with E-state index in [4.69, 9.17) is 0 Å². The van der Waals surface area contributed by atoms with E-state index >= 15 is 0 Å². The molecule has 3 heteroatoms. The molecule has 0 saturated carbocycles. The Morgan fingerprint density at radius 1 is 1.29 bits per heavy atom. The van der Waals surface area contributed by atoms with Crippen molar-refractivity contribution in [2.75, 3.05) is 20.6 Å². The summed E-state index contributed by atoms with van der Waals surface area (Å²) in [7, 11) is 4.37. The van der Waals surface area contributed by atoms with E-state index in [9.17, 15) is 10.2 Å². The number of hydrogen-bond acceptors (Lipinski definition) is 2. The van der Waals surface area contributed by atoms with E-state index in [0.29, 0.717) is 12.5 Å². The van der Waals surface area contributed by atoms with E-state index in [1.165, 1.54) is 0 Å². The number of quaternary nitrogens is 1. The van der Waals surface area contributed by atoms with Crippen molar-refractivity contribution in [3.05, 3.63) is 0 Å². The molecule has 1 fully saturated rings. The fraction of sp³-hybridized carbons (Fsp3) is 0.857. The maximum atomic E-state index is 10.6. The minimum absolute atomic E-state index is 0.114. The van der Waals surface area contributed by atoms with Crippen LogP contribution in [0.4, 0.5) is 0 Å². The van der Waals surface area contributed by atoms with Crippen LogP contribution in [-0.2, 0) is 0 Å². The molecule has 0 aromatic carbocycles. The maximum Gasteiger partial charge on any atom is 0.139 e. The molecule has 0 bridgehead atoms. The highest BCUT2D eigenvalue weighted by Crippen LogP contribution is 2.33. The van der Waals surface area contributed by atoms with Crippen LogP contribution in [0.25, 0.3) is 0 Å². The first kappa shape index (κ1) is 14.5. The van der Waals surface area contributed by atoms with Gasteiger partial charge in [0.1, 0.15) is 11.2 Å². The fourth-order valence-electron chi connectivity index (χ4n) is 2.37. The van der Waals surface area contributed by atoms with E-state index in [-0.39, 0.29) is 5.92 Å². The fourth-order valence-corrected chi connectivity index (χ4v) is 2.37. The molecular weight excluding hydrogens is 214 g/mol. The molecule has 0 aromatic rings. The maximum absolute atomic E-state index is 10.6. The van der Waals surface area contributed by atoms with Crippen LogP contribution in [0.15, 0.2) is 0 Å². The SMILES string of the molecule is C[C@@H]1C[N+](C)(C)[C@H](C)C[C@@]1(O)C#CC(C)(C)O. The summed E-state index contributed by atoms with van der Waals surface area (Å²) in [5.74, 6) is 5.77. The smallest absolute Gasteiger partial charge is 0.139 e. The van der Waals surface area contributed by atoms with Gasteiger partial charge in [-0.15, -0.1) is 0 Å². The van der Waals surface area contributed by atoms with Gasteiger partial charge in [0.15, 0.2) is 0 Å². The lowest BCUT2D eigenvalue weighted by Gasteiger charge is -2.48. The molecule has 17 heavy (non-hydrogen) atoms. The summed E-state index contributed by atoms with van der Waals surface area (Å²) in [5.41, 5.74) is -2.01. The highest BCUT2D eigenvalue weighted by molar-refractivity contribution is 5.21. The molecule has 0 spiro atoms. The Balaban J connectivity index is 2.94. The molecule has 1 aliphatic heterocycles. The minimum atomic E-state index is -1.04. The van der Waals surface area contributed by atoms with E-state index in [1.807, 2.05) is 6.92 Å². The molecule has 0 unspecified atom stereocenters. The number of piperidine rings is 1. The van der Waals surface area contributed by atoms with Crippen molar-refractivity contribution in [1.29, 1.82) is 0 Å². The van der Waals surface area contributed by atoms with Crippen molar-refractivity contribution in [2.24, 2.45) is 5.92 Å². The van der Waals surface area contributed by atoms with Crippen LogP contribution < -0.4 is 0 Å². The lowest BCUT2D eigenvalue weighted by molar-refractivity contribution is -0.923. The molecule has 2 N–H and O–H groups in total. The van der Waals surface area contributed by atoms with Gasteiger partial charge in [0.2, 0.25) is 0 Å². The van der Waals surface area contributed by atoms with Crippen LogP contribution >= 0.6 is 0 Å². The van der Waals surface area contributed by atoms with Crippen molar-refractivity contribution < 1.29 is 14.7 Å². The molecular formula is C14H26NO2+. The van der Waals surface area contributed by atoms with Gasteiger partial charge in [-0.25, -0.2) is 0 Å². The molecule has 0 radical (unpaired) electrons. The molecule has 98 valence electrons. The summed E-state index contributed by atoms with van der Waals surface area (Å²) in [6, 6.07) is 0.368.